The van der Waals surface area contributed by atoms with E-state index in [0.29, 0.717) is 24.0 Å². The van der Waals surface area contributed by atoms with Crippen LogP contribution in [-0.4, -0.2) is 60.5 Å². The Balaban J connectivity index is 1.10. The molecule has 1 aliphatic carbocycles. The van der Waals surface area contributed by atoms with E-state index in [1.54, 1.807) is 17.8 Å². The molecule has 6 heterocycles. The first-order chi connectivity index (χ1) is 21.5. The van der Waals surface area contributed by atoms with E-state index in [2.05, 4.69) is 20.9 Å². The highest BCUT2D eigenvalue weighted by atomic mass is 16.5. The van der Waals surface area contributed by atoms with Crippen LogP contribution in [0.1, 0.15) is 63.7 Å². The zero-order valence-electron chi connectivity index (χ0n) is 25.1. The van der Waals surface area contributed by atoms with Gasteiger partial charge in [-0.05, 0) is 66.5 Å². The number of aromatic nitrogens is 4. The second-order valence-corrected chi connectivity index (χ2v) is 12.7. The molecule has 10 nitrogen and oxygen atoms in total. The standard InChI is InChI=1S/C34H38N6O4/c1-37-16-22(13-29(34(37)43)35-32-15-23-17-38(24-19-44-20-24)11-12-40(23)36-32)25-6-4-7-26(28(25)18-41)27-9-10-39-30-8-3-2-5-21(30)14-31(39)33(27)42/h4,6-7,13-16,24,27,41H,2-3,5,8-12,17-20H2,1H3,(H,35,36). The van der Waals surface area contributed by atoms with Crippen LogP contribution in [0.5, 0.6) is 0 Å². The molecule has 3 aromatic heterocycles. The van der Waals surface area contributed by atoms with E-state index in [1.807, 2.05) is 35.0 Å². The molecule has 3 aliphatic heterocycles. The minimum atomic E-state index is -0.311. The van der Waals surface area contributed by atoms with Crippen molar-refractivity contribution in [3.05, 3.63) is 86.7 Å². The van der Waals surface area contributed by atoms with Gasteiger partial charge >= 0.3 is 0 Å². The lowest BCUT2D eigenvalue weighted by atomic mass is 9.82. The smallest absolute Gasteiger partial charge is 0.274 e. The van der Waals surface area contributed by atoms with Gasteiger partial charge in [-0.2, -0.15) is 5.10 Å². The summed E-state index contributed by atoms with van der Waals surface area (Å²) in [5.74, 6) is 0.456. The fourth-order valence-electron chi connectivity index (χ4n) is 7.65. The Morgan fingerprint density at radius 1 is 1.07 bits per heavy atom. The molecule has 44 heavy (non-hydrogen) atoms. The van der Waals surface area contributed by atoms with Crippen LogP contribution in [0.2, 0.25) is 0 Å². The van der Waals surface area contributed by atoms with Gasteiger partial charge in [0.15, 0.2) is 11.6 Å². The number of carbonyl (C=O) groups excluding carboxylic acids is 1. The highest BCUT2D eigenvalue weighted by molar-refractivity contribution is 6.01. The van der Waals surface area contributed by atoms with E-state index in [1.165, 1.54) is 24.1 Å². The van der Waals surface area contributed by atoms with Crippen LogP contribution in [0.4, 0.5) is 11.5 Å². The molecule has 1 fully saturated rings. The fraction of sp³-hybridized carbons (Fsp3) is 0.441. The molecule has 0 amide bonds. The summed E-state index contributed by atoms with van der Waals surface area (Å²) in [7, 11) is 1.73. The van der Waals surface area contributed by atoms with Crippen LogP contribution in [0.25, 0.3) is 11.1 Å². The van der Waals surface area contributed by atoms with E-state index in [0.717, 1.165) is 85.9 Å². The normalized spacial score (nSPS) is 20.1. The first-order valence-electron chi connectivity index (χ1n) is 15.8. The SMILES string of the molecule is Cn1cc(-c2cccc(C3CCn4c(cc5c4CCCC5)C3=O)c2CO)cc(Nc2cc3n(n2)CCN(C2COC2)C3)c1=O. The predicted molar refractivity (Wildman–Crippen MR) is 166 cm³/mol. The Morgan fingerprint density at radius 3 is 2.75 bits per heavy atom. The van der Waals surface area contributed by atoms with Crippen LogP contribution in [-0.2, 0) is 50.9 Å². The summed E-state index contributed by atoms with van der Waals surface area (Å²) in [6, 6.07) is 12.3. The summed E-state index contributed by atoms with van der Waals surface area (Å²) in [6.07, 6.45) is 6.95. The van der Waals surface area contributed by atoms with Crippen molar-refractivity contribution in [1.82, 2.24) is 23.8 Å². The molecule has 0 spiro atoms. The number of carbonyl (C=O) groups is 1. The Bertz CT molecular complexity index is 1830. The van der Waals surface area contributed by atoms with Gasteiger partial charge in [-0.1, -0.05) is 18.2 Å². The van der Waals surface area contributed by atoms with Gasteiger partial charge in [0.2, 0.25) is 0 Å². The molecule has 1 atom stereocenters. The molecule has 0 saturated carbocycles. The van der Waals surface area contributed by atoms with Crippen molar-refractivity contribution < 1.29 is 14.6 Å². The van der Waals surface area contributed by atoms with Crippen molar-refractivity contribution in [3.63, 3.8) is 0 Å². The minimum absolute atomic E-state index is 0.132. The number of aliphatic hydroxyl groups is 1. The van der Waals surface area contributed by atoms with Gasteiger partial charge in [-0.15, -0.1) is 0 Å². The number of nitrogens with zero attached hydrogens (tertiary/aromatic N) is 5. The number of ketones is 1. The third-order valence-corrected chi connectivity index (χ3v) is 10.1. The number of hydrogen-bond acceptors (Lipinski definition) is 7. The topological polar surface area (TPSA) is 107 Å². The number of hydrogen-bond donors (Lipinski definition) is 2. The van der Waals surface area contributed by atoms with E-state index in [9.17, 15) is 14.7 Å². The van der Waals surface area contributed by atoms with Gasteiger partial charge in [0.05, 0.1) is 49.7 Å². The molecule has 1 aromatic carbocycles. The number of ether oxygens (including phenoxy) is 1. The number of fused-ring (bicyclic) bond motifs is 4. The number of rotatable bonds is 6. The predicted octanol–water partition coefficient (Wildman–Crippen LogP) is 3.75. The maximum Gasteiger partial charge on any atom is 0.274 e. The van der Waals surface area contributed by atoms with Gasteiger partial charge in [-0.25, -0.2) is 0 Å². The van der Waals surface area contributed by atoms with Gasteiger partial charge in [0.1, 0.15) is 5.69 Å². The quantitative estimate of drug-likeness (QED) is 0.350. The number of aliphatic hydroxyl groups excluding tert-OH is 1. The first-order valence-corrected chi connectivity index (χ1v) is 15.8. The van der Waals surface area contributed by atoms with Crippen molar-refractivity contribution in [2.24, 2.45) is 7.05 Å². The average Bonchev–Trinajstić information content (AvgIpc) is 3.59. The second-order valence-electron chi connectivity index (χ2n) is 12.7. The molecule has 0 radical (unpaired) electrons. The Labute approximate surface area is 255 Å². The van der Waals surface area contributed by atoms with Crippen LogP contribution < -0.4 is 10.9 Å². The molecule has 2 N–H and O–H groups in total. The van der Waals surface area contributed by atoms with Gasteiger partial charge in [0, 0.05) is 50.2 Å². The number of nitrogens with one attached hydrogen (secondary N) is 1. The molecule has 8 rings (SSSR count). The average molecular weight is 595 g/mol. The highest BCUT2D eigenvalue weighted by Crippen LogP contribution is 2.39. The maximum atomic E-state index is 13.9. The third kappa shape index (κ3) is 4.55. The molecule has 0 bridgehead atoms. The van der Waals surface area contributed by atoms with E-state index in [-0.39, 0.29) is 23.9 Å². The number of anilines is 2. The molecular weight excluding hydrogens is 556 g/mol. The monoisotopic (exact) mass is 594 g/mol. The van der Waals surface area contributed by atoms with Crippen molar-refractivity contribution in [1.29, 1.82) is 0 Å². The second kappa shape index (κ2) is 10.9. The zero-order chi connectivity index (χ0) is 29.9. The number of pyridine rings is 1. The lowest BCUT2D eigenvalue weighted by Crippen LogP contribution is -2.51. The molecule has 10 heteroatoms. The van der Waals surface area contributed by atoms with Gasteiger partial charge in [0.25, 0.3) is 5.56 Å². The Morgan fingerprint density at radius 2 is 1.93 bits per heavy atom. The number of benzene rings is 1. The summed E-state index contributed by atoms with van der Waals surface area (Å²) in [5, 5.41) is 18.7. The minimum Gasteiger partial charge on any atom is -0.392 e. The Kier molecular flexibility index (Phi) is 6.81. The highest BCUT2D eigenvalue weighted by Gasteiger charge is 2.34. The lowest BCUT2D eigenvalue weighted by Gasteiger charge is -2.39. The zero-order valence-corrected chi connectivity index (χ0v) is 25.1. The molecule has 1 unspecified atom stereocenters. The first kappa shape index (κ1) is 27.6. The largest absolute Gasteiger partial charge is 0.392 e. The fourth-order valence-corrected chi connectivity index (χ4v) is 7.65. The molecule has 228 valence electrons. The number of Topliss-reactive ketones (excluding diaryl/α,β-unsaturated/α-hetero) is 1. The van der Waals surface area contributed by atoms with Crippen molar-refractivity contribution in [2.75, 3.05) is 25.1 Å². The van der Waals surface area contributed by atoms with Crippen LogP contribution in [0, 0.1) is 0 Å². The summed E-state index contributed by atoms with van der Waals surface area (Å²) in [4.78, 5) is 29.6. The van der Waals surface area contributed by atoms with Crippen molar-refractivity contribution >= 4 is 17.3 Å². The summed E-state index contributed by atoms with van der Waals surface area (Å²) in [6.45, 7) is 4.70. The Hall–Kier alpha value is -3.99. The van der Waals surface area contributed by atoms with Crippen LogP contribution in [0.3, 0.4) is 0 Å². The molecule has 4 aliphatic rings. The summed E-state index contributed by atoms with van der Waals surface area (Å²) in [5.41, 5.74) is 8.04. The van der Waals surface area contributed by atoms with Gasteiger partial charge in [-0.3, -0.25) is 19.2 Å². The lowest BCUT2D eigenvalue weighted by molar-refractivity contribution is -0.0735. The van der Waals surface area contributed by atoms with E-state index >= 15 is 0 Å². The van der Waals surface area contributed by atoms with Crippen molar-refractivity contribution in [2.45, 2.75) is 70.3 Å². The van der Waals surface area contributed by atoms with Gasteiger partial charge < -0.3 is 24.3 Å². The van der Waals surface area contributed by atoms with E-state index in [4.69, 9.17) is 9.84 Å². The third-order valence-electron chi connectivity index (χ3n) is 10.1. The van der Waals surface area contributed by atoms with Crippen molar-refractivity contribution in [3.8, 4) is 11.1 Å². The summed E-state index contributed by atoms with van der Waals surface area (Å²) < 4.78 is 11.2. The molecule has 4 aromatic rings. The maximum absolute atomic E-state index is 13.9. The molecular formula is C34H38N6O4. The van der Waals surface area contributed by atoms with Crippen LogP contribution in [0.15, 0.2) is 47.4 Å². The van der Waals surface area contributed by atoms with Crippen LogP contribution >= 0.6 is 0 Å². The summed E-state index contributed by atoms with van der Waals surface area (Å²) >= 11 is 0. The van der Waals surface area contributed by atoms with E-state index < -0.39 is 0 Å². The number of aryl methyl sites for hydroxylation is 2. The molecule has 1 saturated heterocycles.